The van der Waals surface area contributed by atoms with Crippen LogP contribution in [0.3, 0.4) is 0 Å². The van der Waals surface area contributed by atoms with Crippen LogP contribution >= 0.6 is 0 Å². The fraction of sp³-hybridized carbons (Fsp3) is 0.333. The topological polar surface area (TPSA) is 92.9 Å². The Bertz CT molecular complexity index is 557. The molecule has 0 spiro atoms. The van der Waals surface area contributed by atoms with Gasteiger partial charge in [0.15, 0.2) is 5.69 Å². The van der Waals surface area contributed by atoms with Crippen LogP contribution in [0.2, 0.25) is 0 Å². The highest BCUT2D eigenvalue weighted by atomic mass is 16.5. The number of aromatic nitrogens is 3. The molecule has 0 aliphatic heterocycles. The molecule has 0 radical (unpaired) electrons. The number of hydrogen-bond acceptors (Lipinski definition) is 6. The maximum atomic E-state index is 11.9. The molecule has 7 heteroatoms. The van der Waals surface area contributed by atoms with E-state index in [0.29, 0.717) is 18.1 Å². The first-order valence-electron chi connectivity index (χ1n) is 5.83. The molecular weight excluding hydrogens is 246 g/mol. The van der Waals surface area contributed by atoms with Crippen molar-refractivity contribution in [3.05, 3.63) is 34.8 Å². The lowest BCUT2D eigenvalue weighted by atomic mass is 10.2. The molecule has 0 atom stereocenters. The summed E-state index contributed by atoms with van der Waals surface area (Å²) in [4.78, 5) is 11.9. The van der Waals surface area contributed by atoms with Gasteiger partial charge in [-0.25, -0.2) is 0 Å². The van der Waals surface area contributed by atoms with E-state index in [-0.39, 0.29) is 11.6 Å². The molecule has 0 unspecified atom stereocenters. The third-order valence-electron chi connectivity index (χ3n) is 2.76. The van der Waals surface area contributed by atoms with Gasteiger partial charge in [-0.1, -0.05) is 5.16 Å². The summed E-state index contributed by atoms with van der Waals surface area (Å²) in [6.07, 6.45) is 0. The van der Waals surface area contributed by atoms with Gasteiger partial charge in [-0.05, 0) is 26.0 Å². The molecule has 2 N–H and O–H groups in total. The summed E-state index contributed by atoms with van der Waals surface area (Å²) in [5, 5.41) is 17.1. The molecule has 0 aliphatic carbocycles. The van der Waals surface area contributed by atoms with Crippen molar-refractivity contribution in [2.75, 3.05) is 12.4 Å². The van der Waals surface area contributed by atoms with Gasteiger partial charge in [-0.15, -0.1) is 10.2 Å². The number of rotatable bonds is 4. The van der Waals surface area contributed by atoms with Crippen molar-refractivity contribution < 1.29 is 9.32 Å². The monoisotopic (exact) mass is 261 g/mol. The summed E-state index contributed by atoms with van der Waals surface area (Å²) in [5.41, 5.74) is 1.92. The highest BCUT2D eigenvalue weighted by Crippen LogP contribution is 2.11. The quantitative estimate of drug-likeness (QED) is 0.854. The van der Waals surface area contributed by atoms with Crippen LogP contribution < -0.4 is 10.6 Å². The number of aryl methyl sites for hydroxylation is 2. The Hall–Kier alpha value is -2.44. The summed E-state index contributed by atoms with van der Waals surface area (Å²) in [5.74, 6) is 1.03. The Kier molecular flexibility index (Phi) is 3.74. The van der Waals surface area contributed by atoms with Crippen molar-refractivity contribution in [2.45, 2.75) is 20.4 Å². The van der Waals surface area contributed by atoms with Crippen molar-refractivity contribution >= 4 is 11.7 Å². The van der Waals surface area contributed by atoms with Gasteiger partial charge in [0.25, 0.3) is 5.91 Å². The van der Waals surface area contributed by atoms with E-state index in [2.05, 4.69) is 26.0 Å². The summed E-state index contributed by atoms with van der Waals surface area (Å²) in [6, 6.07) is 3.30. The molecule has 0 saturated carbocycles. The minimum absolute atomic E-state index is 0.269. The molecular formula is C12H15N5O2. The largest absolute Gasteiger partial charge is 0.372 e. The van der Waals surface area contributed by atoms with Crippen LogP contribution in [-0.4, -0.2) is 28.3 Å². The van der Waals surface area contributed by atoms with Gasteiger partial charge in [-0.2, -0.15) is 0 Å². The van der Waals surface area contributed by atoms with E-state index < -0.39 is 0 Å². The van der Waals surface area contributed by atoms with Gasteiger partial charge in [0, 0.05) is 19.2 Å². The van der Waals surface area contributed by atoms with Crippen molar-refractivity contribution in [3.8, 4) is 0 Å². The average Bonchev–Trinajstić information content (AvgIpc) is 2.75. The second kappa shape index (κ2) is 5.47. The number of amides is 1. The Morgan fingerprint density at radius 1 is 1.32 bits per heavy atom. The van der Waals surface area contributed by atoms with Crippen molar-refractivity contribution in [1.82, 2.24) is 20.7 Å². The summed E-state index contributed by atoms with van der Waals surface area (Å²) < 4.78 is 5.03. The third kappa shape index (κ3) is 2.87. The molecule has 19 heavy (non-hydrogen) atoms. The second-order valence-corrected chi connectivity index (χ2v) is 4.04. The number of carbonyl (C=O) groups excluding carboxylic acids is 1. The van der Waals surface area contributed by atoms with Crippen LogP contribution in [0.5, 0.6) is 0 Å². The Labute approximate surface area is 110 Å². The first kappa shape index (κ1) is 13.0. The predicted molar refractivity (Wildman–Crippen MR) is 68.7 cm³/mol. The van der Waals surface area contributed by atoms with Crippen LogP contribution in [0, 0.1) is 13.8 Å². The maximum Gasteiger partial charge on any atom is 0.272 e. The van der Waals surface area contributed by atoms with Crippen molar-refractivity contribution in [3.63, 3.8) is 0 Å². The van der Waals surface area contributed by atoms with Gasteiger partial charge in [-0.3, -0.25) is 4.79 Å². The lowest BCUT2D eigenvalue weighted by molar-refractivity contribution is 0.0945. The van der Waals surface area contributed by atoms with E-state index >= 15 is 0 Å². The molecule has 2 aromatic rings. The zero-order valence-corrected chi connectivity index (χ0v) is 11.0. The number of nitrogens with one attached hydrogen (secondary N) is 2. The zero-order valence-electron chi connectivity index (χ0n) is 11.0. The first-order chi connectivity index (χ1) is 9.11. The number of anilines is 1. The van der Waals surface area contributed by atoms with Crippen molar-refractivity contribution in [2.24, 2.45) is 0 Å². The van der Waals surface area contributed by atoms with E-state index in [9.17, 15) is 4.79 Å². The molecule has 2 aromatic heterocycles. The summed E-state index contributed by atoms with van der Waals surface area (Å²) >= 11 is 0. The van der Waals surface area contributed by atoms with Gasteiger partial charge in [0.2, 0.25) is 0 Å². The van der Waals surface area contributed by atoms with Crippen LogP contribution in [0.15, 0.2) is 16.7 Å². The molecule has 7 nitrogen and oxygen atoms in total. The van der Waals surface area contributed by atoms with Crippen LogP contribution in [0.25, 0.3) is 0 Å². The van der Waals surface area contributed by atoms with Gasteiger partial charge < -0.3 is 15.2 Å². The van der Waals surface area contributed by atoms with E-state index in [1.54, 1.807) is 19.2 Å². The average molecular weight is 261 g/mol. The SMILES string of the molecule is CNc1ccc(C(=O)NCc2c(C)noc2C)nn1. The normalized spacial score (nSPS) is 10.3. The van der Waals surface area contributed by atoms with E-state index in [1.165, 1.54) is 0 Å². The summed E-state index contributed by atoms with van der Waals surface area (Å²) in [6.45, 7) is 4.00. The lowest BCUT2D eigenvalue weighted by Gasteiger charge is -2.04. The smallest absolute Gasteiger partial charge is 0.272 e. The fourth-order valence-corrected chi connectivity index (χ4v) is 1.60. The Morgan fingerprint density at radius 2 is 2.11 bits per heavy atom. The Balaban J connectivity index is 2.01. The molecule has 2 heterocycles. The minimum atomic E-state index is -0.282. The third-order valence-corrected chi connectivity index (χ3v) is 2.76. The molecule has 1 amide bonds. The van der Waals surface area contributed by atoms with Crippen LogP contribution in [0.4, 0.5) is 5.82 Å². The molecule has 0 aliphatic rings. The van der Waals surface area contributed by atoms with Crippen molar-refractivity contribution in [1.29, 1.82) is 0 Å². The van der Waals surface area contributed by atoms with Gasteiger partial charge in [0.1, 0.15) is 11.6 Å². The number of hydrogen-bond donors (Lipinski definition) is 2. The highest BCUT2D eigenvalue weighted by molar-refractivity contribution is 5.92. The van der Waals surface area contributed by atoms with E-state index in [4.69, 9.17) is 4.52 Å². The molecule has 100 valence electrons. The first-order valence-corrected chi connectivity index (χ1v) is 5.83. The summed E-state index contributed by atoms with van der Waals surface area (Å²) in [7, 11) is 1.74. The molecule has 2 rings (SSSR count). The highest BCUT2D eigenvalue weighted by Gasteiger charge is 2.12. The predicted octanol–water partition coefficient (Wildman–Crippen LogP) is 1.05. The van der Waals surface area contributed by atoms with Gasteiger partial charge in [0.05, 0.1) is 5.69 Å². The van der Waals surface area contributed by atoms with E-state index in [0.717, 1.165) is 11.3 Å². The van der Waals surface area contributed by atoms with Crippen LogP contribution in [-0.2, 0) is 6.54 Å². The Morgan fingerprint density at radius 3 is 2.63 bits per heavy atom. The molecule has 0 aromatic carbocycles. The number of nitrogens with zero attached hydrogens (tertiary/aromatic N) is 3. The van der Waals surface area contributed by atoms with Crippen LogP contribution in [0.1, 0.15) is 27.5 Å². The molecule has 0 fully saturated rings. The minimum Gasteiger partial charge on any atom is -0.372 e. The van der Waals surface area contributed by atoms with E-state index in [1.807, 2.05) is 13.8 Å². The number of carbonyl (C=O) groups is 1. The zero-order chi connectivity index (χ0) is 13.8. The fourth-order valence-electron chi connectivity index (χ4n) is 1.60. The lowest BCUT2D eigenvalue weighted by Crippen LogP contribution is -2.24. The molecule has 0 saturated heterocycles. The van der Waals surface area contributed by atoms with Gasteiger partial charge >= 0.3 is 0 Å². The maximum absolute atomic E-state index is 11.9. The second-order valence-electron chi connectivity index (χ2n) is 4.04. The molecule has 0 bridgehead atoms. The standard InChI is InChI=1S/C12H15N5O2/c1-7-9(8(2)19-17-7)6-14-12(18)10-4-5-11(13-3)16-15-10/h4-5H,6H2,1-3H3,(H,13,16)(H,14,18).